The fraction of sp³-hybridized carbons (Fsp3) is 0.200. The Morgan fingerprint density at radius 3 is 2.31 bits per heavy atom. The molecule has 3 aromatic carbocycles. The van der Waals surface area contributed by atoms with Crippen LogP contribution in [0.4, 0.5) is 25.8 Å². The Morgan fingerprint density at radius 2 is 1.56 bits per heavy atom. The van der Waals surface area contributed by atoms with Gasteiger partial charge in [-0.05, 0) is 48.5 Å². The van der Waals surface area contributed by atoms with Gasteiger partial charge in [0, 0.05) is 37.4 Å². The van der Waals surface area contributed by atoms with Gasteiger partial charge in [-0.2, -0.15) is 0 Å². The maximum Gasteiger partial charge on any atom is 0.278 e. The molecule has 2 aliphatic rings. The molecule has 1 amide bonds. The zero-order chi connectivity index (χ0) is 22.1. The highest BCUT2D eigenvalue weighted by Gasteiger charge is 2.35. The first-order valence-corrected chi connectivity index (χ1v) is 10.6. The number of rotatable bonds is 4. The van der Waals surface area contributed by atoms with E-state index < -0.39 is 0 Å². The van der Waals surface area contributed by atoms with Crippen molar-refractivity contribution < 1.29 is 13.6 Å². The van der Waals surface area contributed by atoms with E-state index in [1.165, 1.54) is 24.3 Å². The van der Waals surface area contributed by atoms with Crippen LogP contribution in [0.5, 0.6) is 0 Å². The second kappa shape index (κ2) is 8.51. The van der Waals surface area contributed by atoms with Gasteiger partial charge in [-0.15, -0.1) is 0 Å². The van der Waals surface area contributed by atoms with E-state index in [0.717, 1.165) is 43.1 Å². The Bertz CT molecular complexity index is 1170. The molecule has 0 spiro atoms. The van der Waals surface area contributed by atoms with Crippen LogP contribution in [-0.2, 0) is 4.79 Å². The topological polar surface area (TPSA) is 39.2 Å². The number of hydrogen-bond donors (Lipinski definition) is 0. The molecule has 32 heavy (non-hydrogen) atoms. The molecule has 0 bridgehead atoms. The first-order chi connectivity index (χ1) is 15.6. The largest absolute Gasteiger partial charge is 0.369 e. The Hall–Kier alpha value is -3.58. The summed E-state index contributed by atoms with van der Waals surface area (Å²) in [4.78, 5) is 23.9. The highest BCUT2D eigenvalue weighted by molar-refractivity contribution is 6.54. The SMILES string of the molecule is O=C1C(=Nc2cccc(F)c2)c2ccccc2N1CN1CCN(c2ccc(F)cc2)CC1. The summed E-state index contributed by atoms with van der Waals surface area (Å²) in [5.74, 6) is -0.813. The summed E-state index contributed by atoms with van der Waals surface area (Å²) in [5.41, 5.74) is 3.31. The first kappa shape index (κ1) is 20.3. The van der Waals surface area contributed by atoms with Crippen molar-refractivity contribution in [1.82, 2.24) is 4.90 Å². The predicted octanol–water partition coefficient (Wildman–Crippen LogP) is 4.21. The molecule has 0 N–H and O–H groups in total. The molecule has 2 heterocycles. The summed E-state index contributed by atoms with van der Waals surface area (Å²) in [5, 5.41) is 0. The van der Waals surface area contributed by atoms with Gasteiger partial charge in [0.1, 0.15) is 17.3 Å². The van der Waals surface area contributed by atoms with E-state index in [1.807, 2.05) is 24.3 Å². The lowest BCUT2D eigenvalue weighted by Gasteiger charge is -2.37. The maximum atomic E-state index is 13.6. The molecule has 7 heteroatoms. The number of piperazine rings is 1. The Morgan fingerprint density at radius 1 is 0.812 bits per heavy atom. The maximum absolute atomic E-state index is 13.6. The molecule has 5 nitrogen and oxygen atoms in total. The number of halogens is 2. The molecule has 0 saturated carbocycles. The molecule has 2 aliphatic heterocycles. The number of anilines is 2. The Kier molecular flexibility index (Phi) is 5.41. The van der Waals surface area contributed by atoms with Gasteiger partial charge in [0.2, 0.25) is 0 Å². The number of benzene rings is 3. The summed E-state index contributed by atoms with van der Waals surface area (Å²) in [6, 6.07) is 20.0. The molecule has 0 atom stereocenters. The second-order valence-electron chi connectivity index (χ2n) is 7.91. The van der Waals surface area contributed by atoms with E-state index in [4.69, 9.17) is 0 Å². The van der Waals surface area contributed by atoms with Crippen LogP contribution in [-0.4, -0.2) is 49.4 Å². The van der Waals surface area contributed by atoms with Gasteiger partial charge >= 0.3 is 0 Å². The fourth-order valence-corrected chi connectivity index (χ4v) is 4.18. The third-order valence-electron chi connectivity index (χ3n) is 5.85. The molecular weight excluding hydrogens is 410 g/mol. The van der Waals surface area contributed by atoms with Crippen LogP contribution >= 0.6 is 0 Å². The number of fused-ring (bicyclic) bond motifs is 1. The zero-order valence-electron chi connectivity index (χ0n) is 17.4. The normalized spacial score (nSPS) is 17.8. The van der Waals surface area contributed by atoms with Crippen LogP contribution < -0.4 is 9.80 Å². The van der Waals surface area contributed by atoms with Crippen LogP contribution in [0.3, 0.4) is 0 Å². The van der Waals surface area contributed by atoms with Gasteiger partial charge in [-0.3, -0.25) is 14.6 Å². The summed E-state index contributed by atoms with van der Waals surface area (Å²) in [6.07, 6.45) is 0. The van der Waals surface area contributed by atoms with Crippen LogP contribution in [0.1, 0.15) is 5.56 Å². The van der Waals surface area contributed by atoms with Gasteiger partial charge in [0.05, 0.1) is 18.0 Å². The van der Waals surface area contributed by atoms with Crippen LogP contribution in [0.25, 0.3) is 0 Å². The van der Waals surface area contributed by atoms with Gasteiger partial charge in [-0.25, -0.2) is 13.8 Å². The first-order valence-electron chi connectivity index (χ1n) is 10.6. The average molecular weight is 432 g/mol. The quantitative estimate of drug-likeness (QED) is 0.620. The molecule has 0 aromatic heterocycles. The minimum Gasteiger partial charge on any atom is -0.369 e. The number of nitrogens with zero attached hydrogens (tertiary/aromatic N) is 4. The lowest BCUT2D eigenvalue weighted by molar-refractivity contribution is -0.112. The van der Waals surface area contributed by atoms with E-state index in [-0.39, 0.29) is 17.5 Å². The number of carbonyl (C=O) groups excluding carboxylic acids is 1. The summed E-state index contributed by atoms with van der Waals surface area (Å²) < 4.78 is 26.8. The van der Waals surface area contributed by atoms with E-state index in [9.17, 15) is 13.6 Å². The zero-order valence-corrected chi connectivity index (χ0v) is 17.4. The molecule has 0 radical (unpaired) electrons. The molecule has 5 rings (SSSR count). The van der Waals surface area contributed by atoms with Gasteiger partial charge in [-0.1, -0.05) is 24.3 Å². The van der Waals surface area contributed by atoms with E-state index in [2.05, 4.69) is 14.8 Å². The van der Waals surface area contributed by atoms with Crippen molar-refractivity contribution in [1.29, 1.82) is 0 Å². The minimum absolute atomic E-state index is 0.184. The minimum atomic E-state index is -0.388. The Labute approximate surface area is 185 Å². The Balaban J connectivity index is 1.32. The molecule has 3 aromatic rings. The number of carbonyl (C=O) groups is 1. The van der Waals surface area contributed by atoms with E-state index in [1.54, 1.807) is 29.2 Å². The highest BCUT2D eigenvalue weighted by atomic mass is 19.1. The van der Waals surface area contributed by atoms with Crippen molar-refractivity contribution in [2.24, 2.45) is 4.99 Å². The van der Waals surface area contributed by atoms with Crippen LogP contribution in [0, 0.1) is 11.6 Å². The number of hydrogen-bond acceptors (Lipinski definition) is 4. The molecule has 0 aliphatic carbocycles. The van der Waals surface area contributed by atoms with Crippen LogP contribution in [0.15, 0.2) is 77.8 Å². The van der Waals surface area contributed by atoms with E-state index in [0.29, 0.717) is 18.1 Å². The molecular formula is C25H22F2N4O. The summed E-state index contributed by atoms with van der Waals surface area (Å²) in [7, 11) is 0. The lowest BCUT2D eigenvalue weighted by atomic mass is 10.1. The highest BCUT2D eigenvalue weighted by Crippen LogP contribution is 2.31. The standard InChI is InChI=1S/C25H22F2N4O/c26-18-8-10-21(11-9-18)30-14-12-29(13-15-30)17-31-23-7-2-1-6-22(23)24(25(31)32)28-20-5-3-4-19(27)16-20/h1-11,16H,12-15,17H2. The van der Waals surface area contributed by atoms with Gasteiger partial charge in [0.15, 0.2) is 0 Å². The monoisotopic (exact) mass is 432 g/mol. The summed E-state index contributed by atoms with van der Waals surface area (Å²) in [6.45, 7) is 3.59. The summed E-state index contributed by atoms with van der Waals surface area (Å²) >= 11 is 0. The molecule has 1 fully saturated rings. The average Bonchev–Trinajstić information content (AvgIpc) is 3.06. The molecule has 0 unspecified atom stereocenters. The van der Waals surface area contributed by atoms with Crippen molar-refractivity contribution in [3.05, 3.63) is 90.0 Å². The van der Waals surface area contributed by atoms with Crippen molar-refractivity contribution in [2.45, 2.75) is 0 Å². The van der Waals surface area contributed by atoms with Crippen molar-refractivity contribution in [3.63, 3.8) is 0 Å². The number of para-hydroxylation sites is 1. The van der Waals surface area contributed by atoms with Gasteiger partial charge < -0.3 is 4.90 Å². The van der Waals surface area contributed by atoms with Crippen LogP contribution in [0.2, 0.25) is 0 Å². The van der Waals surface area contributed by atoms with Gasteiger partial charge in [0.25, 0.3) is 5.91 Å². The smallest absolute Gasteiger partial charge is 0.278 e. The molecule has 162 valence electrons. The van der Waals surface area contributed by atoms with Crippen molar-refractivity contribution in [3.8, 4) is 0 Å². The second-order valence-corrected chi connectivity index (χ2v) is 7.91. The third kappa shape index (κ3) is 3.99. The number of amides is 1. The van der Waals surface area contributed by atoms with Crippen molar-refractivity contribution in [2.75, 3.05) is 42.6 Å². The fourth-order valence-electron chi connectivity index (χ4n) is 4.18. The number of aliphatic imine (C=N–C) groups is 1. The van der Waals surface area contributed by atoms with Crippen molar-refractivity contribution >= 4 is 28.7 Å². The molecule has 1 saturated heterocycles. The predicted molar refractivity (Wildman–Crippen MR) is 122 cm³/mol. The lowest BCUT2D eigenvalue weighted by Crippen LogP contribution is -2.51. The van der Waals surface area contributed by atoms with E-state index >= 15 is 0 Å². The third-order valence-corrected chi connectivity index (χ3v) is 5.85.